The highest BCUT2D eigenvalue weighted by Gasteiger charge is 2.22. The van der Waals surface area contributed by atoms with Crippen molar-refractivity contribution in [2.24, 2.45) is 0 Å². The largest absolute Gasteiger partial charge is 0.456 e. The Balaban J connectivity index is 0.834. The summed E-state index contributed by atoms with van der Waals surface area (Å²) in [7, 11) is 0. The molecular weight excluding hydrogens is 873 g/mol. The van der Waals surface area contributed by atoms with Crippen molar-refractivity contribution in [3.63, 3.8) is 0 Å². The van der Waals surface area contributed by atoms with Crippen molar-refractivity contribution in [2.45, 2.75) is 20.8 Å². The van der Waals surface area contributed by atoms with Crippen molar-refractivity contribution in [2.75, 3.05) is 9.80 Å². The van der Waals surface area contributed by atoms with Gasteiger partial charge in [-0.05, 0) is 169 Å². The number of fused-ring (bicyclic) bond motifs is 14. The minimum absolute atomic E-state index is 0.810. The van der Waals surface area contributed by atoms with Crippen LogP contribution in [-0.2, 0) is 0 Å². The Morgan fingerprint density at radius 2 is 0.634 bits per heavy atom. The van der Waals surface area contributed by atoms with Crippen LogP contribution in [0, 0.1) is 20.8 Å². The standard InChI is InChI=1S/C65H42N2O4/c1-37-12-18-44(19-13-37)66(48-24-26-58-52(34-48)50-8-4-6-10-56(50)68-58)46-22-16-40-30-54-60(32-42(40)28-46)70-62-36-63-65(39(3)64(54)62)55-31-41-17-23-47(29-43(41)33-61(55)71-63)67(45-20-14-38(2)15-21-45)49-25-27-59-53(35-49)51-9-5-7-11-57(51)69-59/h4-36H,1-3H3. The van der Waals surface area contributed by atoms with Gasteiger partial charge in [0.15, 0.2) is 0 Å². The molecule has 71 heavy (non-hydrogen) atoms. The number of para-hydroxylation sites is 2. The number of nitrogens with zero attached hydrogens (tertiary/aromatic N) is 2. The van der Waals surface area contributed by atoms with Crippen molar-refractivity contribution < 1.29 is 17.7 Å². The van der Waals surface area contributed by atoms with Crippen LogP contribution in [0.2, 0.25) is 0 Å². The van der Waals surface area contributed by atoms with Gasteiger partial charge in [0.2, 0.25) is 0 Å². The lowest BCUT2D eigenvalue weighted by Crippen LogP contribution is -2.09. The van der Waals surface area contributed by atoms with Gasteiger partial charge in [-0.25, -0.2) is 0 Å². The molecule has 336 valence electrons. The van der Waals surface area contributed by atoms with Crippen LogP contribution in [0.5, 0.6) is 0 Å². The monoisotopic (exact) mass is 914 g/mol. The van der Waals surface area contributed by atoms with Gasteiger partial charge in [0.1, 0.15) is 44.7 Å². The van der Waals surface area contributed by atoms with E-state index in [-0.39, 0.29) is 0 Å². The smallest absolute Gasteiger partial charge is 0.139 e. The van der Waals surface area contributed by atoms with E-state index in [9.17, 15) is 0 Å². The number of aryl methyl sites for hydroxylation is 3. The highest BCUT2D eigenvalue weighted by atomic mass is 16.3. The average molecular weight is 915 g/mol. The molecule has 0 radical (unpaired) electrons. The summed E-state index contributed by atoms with van der Waals surface area (Å²) in [5.41, 5.74) is 16.8. The van der Waals surface area contributed by atoms with Gasteiger partial charge in [-0.1, -0.05) is 83.9 Å². The number of benzene rings is 11. The highest BCUT2D eigenvalue weighted by molar-refractivity contribution is 6.21. The van der Waals surface area contributed by atoms with Crippen LogP contribution in [0.25, 0.3) is 109 Å². The van der Waals surface area contributed by atoms with Crippen LogP contribution in [0.4, 0.5) is 34.1 Å². The Morgan fingerprint density at radius 3 is 1.10 bits per heavy atom. The van der Waals surface area contributed by atoms with Gasteiger partial charge in [0, 0.05) is 83.3 Å². The Kier molecular flexibility index (Phi) is 8.32. The molecule has 0 amide bonds. The SMILES string of the molecule is Cc1ccc(N(c2ccc3cc4c(cc3c2)oc2cc3oc5cc6cc(N(c7ccc(C)cc7)c7ccc8oc9ccccc9c8c7)ccc6cc5c3c(C)c24)c2ccc3oc4ccccc4c3c2)cc1. The summed E-state index contributed by atoms with van der Waals surface area (Å²) in [5, 5.41) is 13.2. The molecule has 4 aromatic heterocycles. The zero-order valence-corrected chi connectivity index (χ0v) is 39.1. The van der Waals surface area contributed by atoms with Crippen LogP contribution in [0.3, 0.4) is 0 Å². The third-order valence-corrected chi connectivity index (χ3v) is 14.7. The molecule has 11 aromatic carbocycles. The summed E-state index contributed by atoms with van der Waals surface area (Å²) < 4.78 is 26.0. The molecule has 0 saturated heterocycles. The summed E-state index contributed by atoms with van der Waals surface area (Å²) in [5.74, 6) is 0. The number of furan rings is 4. The minimum atomic E-state index is 0.810. The maximum absolute atomic E-state index is 6.77. The number of hydrogen-bond acceptors (Lipinski definition) is 6. The normalized spacial score (nSPS) is 12.2. The summed E-state index contributed by atoms with van der Waals surface area (Å²) in [4.78, 5) is 4.64. The Hall–Kier alpha value is -9.26. The first-order valence-electron chi connectivity index (χ1n) is 24.1. The quantitative estimate of drug-likeness (QED) is 0.166. The van der Waals surface area contributed by atoms with Crippen LogP contribution < -0.4 is 9.80 Å². The summed E-state index contributed by atoms with van der Waals surface area (Å²) in [6.07, 6.45) is 0. The number of rotatable bonds is 6. The summed E-state index contributed by atoms with van der Waals surface area (Å²) in [6, 6.07) is 71.3. The molecule has 0 aliphatic carbocycles. The van der Waals surface area contributed by atoms with E-state index in [1.807, 2.05) is 24.3 Å². The van der Waals surface area contributed by atoms with Crippen LogP contribution in [0.1, 0.15) is 16.7 Å². The fourth-order valence-electron chi connectivity index (χ4n) is 11.2. The molecule has 0 saturated carbocycles. The lowest BCUT2D eigenvalue weighted by molar-refractivity contribution is 0.656. The lowest BCUT2D eigenvalue weighted by Gasteiger charge is -2.26. The van der Waals surface area contributed by atoms with Gasteiger partial charge in [-0.2, -0.15) is 0 Å². The van der Waals surface area contributed by atoms with Gasteiger partial charge in [0.25, 0.3) is 0 Å². The van der Waals surface area contributed by atoms with Gasteiger partial charge in [-0.15, -0.1) is 0 Å². The molecule has 0 bridgehead atoms. The maximum Gasteiger partial charge on any atom is 0.139 e. The average Bonchev–Trinajstić information content (AvgIpc) is 4.16. The predicted molar refractivity (Wildman–Crippen MR) is 294 cm³/mol. The molecule has 6 nitrogen and oxygen atoms in total. The molecule has 15 rings (SSSR count). The first-order valence-corrected chi connectivity index (χ1v) is 24.1. The topological polar surface area (TPSA) is 59.0 Å². The molecule has 0 fully saturated rings. The molecule has 0 spiro atoms. The first-order chi connectivity index (χ1) is 34.8. The predicted octanol–water partition coefficient (Wildman–Crippen LogP) is 19.5. The zero-order valence-electron chi connectivity index (χ0n) is 39.1. The number of hydrogen-bond donors (Lipinski definition) is 0. The maximum atomic E-state index is 6.77. The van der Waals surface area contributed by atoms with Crippen molar-refractivity contribution in [1.29, 1.82) is 0 Å². The third-order valence-electron chi connectivity index (χ3n) is 14.7. The van der Waals surface area contributed by atoms with E-state index >= 15 is 0 Å². The number of anilines is 6. The third kappa shape index (κ3) is 6.14. The van der Waals surface area contributed by atoms with E-state index in [4.69, 9.17) is 17.7 Å². The van der Waals surface area contributed by atoms with Gasteiger partial charge in [-0.3, -0.25) is 0 Å². The summed E-state index contributed by atoms with van der Waals surface area (Å²) in [6.45, 7) is 6.45. The van der Waals surface area contributed by atoms with Gasteiger partial charge < -0.3 is 27.5 Å². The molecular formula is C65H42N2O4. The first kappa shape index (κ1) is 39.7. The second-order valence-corrected chi connectivity index (χ2v) is 19.1. The van der Waals surface area contributed by atoms with Crippen LogP contribution in [-0.4, -0.2) is 0 Å². The fourth-order valence-corrected chi connectivity index (χ4v) is 11.2. The second-order valence-electron chi connectivity index (χ2n) is 19.1. The van der Waals surface area contributed by atoms with Gasteiger partial charge >= 0.3 is 0 Å². The van der Waals surface area contributed by atoms with Crippen LogP contribution in [0.15, 0.2) is 218 Å². The van der Waals surface area contributed by atoms with Gasteiger partial charge in [0.05, 0.1) is 0 Å². The van der Waals surface area contributed by atoms with Crippen molar-refractivity contribution in [3.05, 3.63) is 217 Å². The van der Waals surface area contributed by atoms with Crippen LogP contribution >= 0.6 is 0 Å². The van der Waals surface area contributed by atoms with E-state index in [1.54, 1.807) is 0 Å². The molecule has 6 heteroatoms. The molecule has 15 aromatic rings. The Bertz CT molecular complexity index is 4390. The zero-order chi connectivity index (χ0) is 47.1. The molecule has 0 N–H and O–H groups in total. The molecule has 0 aliphatic rings. The van der Waals surface area contributed by atoms with E-state index in [2.05, 4.69) is 206 Å². The van der Waals surface area contributed by atoms with E-state index < -0.39 is 0 Å². The molecule has 4 heterocycles. The second kappa shape index (κ2) is 14.9. The molecule has 0 atom stereocenters. The van der Waals surface area contributed by atoms with E-state index in [0.29, 0.717) is 0 Å². The Morgan fingerprint density at radius 1 is 0.254 bits per heavy atom. The molecule has 0 unspecified atom stereocenters. The van der Waals surface area contributed by atoms with E-state index in [1.165, 1.54) is 11.1 Å². The molecule has 0 aliphatic heterocycles. The van der Waals surface area contributed by atoms with Crippen molar-refractivity contribution >= 4 is 143 Å². The summed E-state index contributed by atoms with van der Waals surface area (Å²) >= 11 is 0. The fraction of sp³-hybridized carbons (Fsp3) is 0.0462. The lowest BCUT2D eigenvalue weighted by atomic mass is 9.98. The Labute approximate surface area is 406 Å². The highest BCUT2D eigenvalue weighted by Crippen LogP contribution is 2.46. The van der Waals surface area contributed by atoms with Crippen molar-refractivity contribution in [1.82, 2.24) is 0 Å². The van der Waals surface area contributed by atoms with E-state index in [0.717, 1.165) is 149 Å². The van der Waals surface area contributed by atoms with Crippen molar-refractivity contribution in [3.8, 4) is 0 Å². The minimum Gasteiger partial charge on any atom is -0.456 e.